The largest absolute Gasteiger partial charge is 0.322 e. The van der Waals surface area contributed by atoms with Gasteiger partial charge in [0.05, 0.1) is 29.3 Å². The average Bonchev–Trinajstić information content (AvgIpc) is 3.53. The SMILES string of the molecule is Cc1ccc(-n2nc(C)c(NC(=O)CN(Cc3ccccc3F)C3CC3)c2C)cc1. The smallest absolute Gasteiger partial charge is 0.238 e. The summed E-state index contributed by atoms with van der Waals surface area (Å²) in [6.45, 7) is 6.56. The van der Waals surface area contributed by atoms with Crippen LogP contribution in [0.3, 0.4) is 0 Å². The molecule has 4 rings (SSSR count). The third-order valence-corrected chi connectivity index (χ3v) is 5.58. The second-order valence-electron chi connectivity index (χ2n) is 8.07. The van der Waals surface area contributed by atoms with Crippen molar-refractivity contribution in [3.8, 4) is 5.69 Å². The van der Waals surface area contributed by atoms with E-state index in [0.717, 1.165) is 35.6 Å². The maximum absolute atomic E-state index is 14.1. The summed E-state index contributed by atoms with van der Waals surface area (Å²) in [6.07, 6.45) is 2.09. The molecule has 0 radical (unpaired) electrons. The molecule has 0 atom stereocenters. The van der Waals surface area contributed by atoms with Crippen molar-refractivity contribution in [1.82, 2.24) is 14.7 Å². The van der Waals surface area contributed by atoms with Gasteiger partial charge in [-0.15, -0.1) is 0 Å². The van der Waals surface area contributed by atoms with Gasteiger partial charge in [0.2, 0.25) is 5.91 Å². The van der Waals surface area contributed by atoms with E-state index in [1.165, 1.54) is 11.6 Å². The molecule has 1 N–H and O–H groups in total. The molecule has 30 heavy (non-hydrogen) atoms. The van der Waals surface area contributed by atoms with Gasteiger partial charge in [-0.05, 0) is 51.8 Å². The fourth-order valence-corrected chi connectivity index (χ4v) is 3.72. The molecule has 6 heteroatoms. The number of rotatable bonds is 7. The number of amides is 1. The van der Waals surface area contributed by atoms with Crippen molar-refractivity contribution in [3.05, 3.63) is 76.9 Å². The van der Waals surface area contributed by atoms with E-state index in [4.69, 9.17) is 0 Å². The Kier molecular flexibility index (Phi) is 5.68. The molecule has 1 heterocycles. The number of aromatic nitrogens is 2. The third-order valence-electron chi connectivity index (χ3n) is 5.58. The number of nitrogens with one attached hydrogen (secondary N) is 1. The summed E-state index contributed by atoms with van der Waals surface area (Å²) in [5, 5.41) is 7.64. The van der Waals surface area contributed by atoms with Crippen molar-refractivity contribution in [2.75, 3.05) is 11.9 Å². The molecule has 5 nitrogen and oxygen atoms in total. The lowest BCUT2D eigenvalue weighted by Crippen LogP contribution is -2.35. The minimum Gasteiger partial charge on any atom is -0.322 e. The zero-order valence-electron chi connectivity index (χ0n) is 17.7. The van der Waals surface area contributed by atoms with Crippen molar-refractivity contribution in [3.63, 3.8) is 0 Å². The number of carbonyl (C=O) groups is 1. The Hall–Kier alpha value is -2.99. The third kappa shape index (κ3) is 4.44. The van der Waals surface area contributed by atoms with E-state index < -0.39 is 0 Å². The minimum absolute atomic E-state index is 0.104. The molecule has 1 amide bonds. The van der Waals surface area contributed by atoms with E-state index >= 15 is 0 Å². The quantitative estimate of drug-likeness (QED) is 0.627. The lowest BCUT2D eigenvalue weighted by Gasteiger charge is -2.21. The molecule has 0 bridgehead atoms. The van der Waals surface area contributed by atoms with Crippen LogP contribution in [-0.2, 0) is 11.3 Å². The average molecular weight is 407 g/mol. The molecule has 1 aromatic heterocycles. The highest BCUT2D eigenvalue weighted by atomic mass is 19.1. The predicted molar refractivity (Wildman–Crippen MR) is 116 cm³/mol. The number of carbonyl (C=O) groups excluding carboxylic acids is 1. The first-order valence-electron chi connectivity index (χ1n) is 10.3. The Labute approximate surface area is 176 Å². The molecule has 1 aliphatic rings. The van der Waals surface area contributed by atoms with Crippen molar-refractivity contribution in [2.45, 2.75) is 46.2 Å². The second kappa shape index (κ2) is 8.40. The zero-order chi connectivity index (χ0) is 21.3. The van der Waals surface area contributed by atoms with Crippen LogP contribution >= 0.6 is 0 Å². The van der Waals surface area contributed by atoms with Crippen LogP contribution in [0.2, 0.25) is 0 Å². The molecule has 1 fully saturated rings. The van der Waals surface area contributed by atoms with Crippen molar-refractivity contribution < 1.29 is 9.18 Å². The van der Waals surface area contributed by atoms with E-state index in [2.05, 4.69) is 15.3 Å². The fraction of sp³-hybridized carbons (Fsp3) is 0.333. The first-order chi connectivity index (χ1) is 14.4. The summed E-state index contributed by atoms with van der Waals surface area (Å²) in [4.78, 5) is 14.9. The van der Waals surface area contributed by atoms with Crippen LogP contribution < -0.4 is 5.32 Å². The number of anilines is 1. The van der Waals surface area contributed by atoms with Crippen LogP contribution in [0.25, 0.3) is 5.69 Å². The second-order valence-corrected chi connectivity index (χ2v) is 8.07. The molecule has 0 saturated heterocycles. The van der Waals surface area contributed by atoms with Gasteiger partial charge in [-0.25, -0.2) is 9.07 Å². The summed E-state index contributed by atoms with van der Waals surface area (Å²) in [6, 6.07) is 15.2. The van der Waals surface area contributed by atoms with Crippen LogP contribution in [0, 0.1) is 26.6 Å². The van der Waals surface area contributed by atoms with Gasteiger partial charge in [0.15, 0.2) is 0 Å². The van der Waals surface area contributed by atoms with Gasteiger partial charge in [-0.3, -0.25) is 9.69 Å². The Morgan fingerprint density at radius 2 is 1.83 bits per heavy atom. The first kappa shape index (κ1) is 20.3. The molecule has 0 spiro atoms. The lowest BCUT2D eigenvalue weighted by molar-refractivity contribution is -0.117. The Morgan fingerprint density at radius 3 is 2.50 bits per heavy atom. The monoisotopic (exact) mass is 406 g/mol. The number of halogens is 1. The van der Waals surface area contributed by atoms with Gasteiger partial charge in [-0.2, -0.15) is 5.10 Å². The summed E-state index contributed by atoms with van der Waals surface area (Å²) in [5.74, 6) is -0.331. The predicted octanol–water partition coefficient (Wildman–Crippen LogP) is 4.54. The van der Waals surface area contributed by atoms with Gasteiger partial charge < -0.3 is 5.32 Å². The highest BCUT2D eigenvalue weighted by Crippen LogP contribution is 2.29. The zero-order valence-corrected chi connectivity index (χ0v) is 17.7. The van der Waals surface area contributed by atoms with E-state index in [1.807, 2.05) is 55.8 Å². The highest BCUT2D eigenvalue weighted by molar-refractivity contribution is 5.93. The van der Waals surface area contributed by atoms with Crippen LogP contribution in [-0.4, -0.2) is 33.2 Å². The van der Waals surface area contributed by atoms with Crippen molar-refractivity contribution in [2.24, 2.45) is 0 Å². The Balaban J connectivity index is 1.48. The maximum atomic E-state index is 14.1. The van der Waals surface area contributed by atoms with Crippen molar-refractivity contribution in [1.29, 1.82) is 0 Å². The Bertz CT molecular complexity index is 1050. The van der Waals surface area contributed by atoms with Crippen molar-refractivity contribution >= 4 is 11.6 Å². The van der Waals surface area contributed by atoms with E-state index in [1.54, 1.807) is 12.1 Å². The number of hydrogen-bond acceptors (Lipinski definition) is 3. The molecule has 2 aromatic carbocycles. The summed E-state index contributed by atoms with van der Waals surface area (Å²) in [7, 11) is 0. The number of hydrogen-bond donors (Lipinski definition) is 1. The lowest BCUT2D eigenvalue weighted by atomic mass is 10.2. The maximum Gasteiger partial charge on any atom is 0.238 e. The minimum atomic E-state index is -0.227. The molecule has 1 aliphatic carbocycles. The van der Waals surface area contributed by atoms with Gasteiger partial charge in [0, 0.05) is 18.2 Å². The van der Waals surface area contributed by atoms with E-state index in [9.17, 15) is 9.18 Å². The number of nitrogens with zero attached hydrogens (tertiary/aromatic N) is 3. The first-order valence-corrected chi connectivity index (χ1v) is 10.3. The van der Waals surface area contributed by atoms with E-state index in [-0.39, 0.29) is 18.3 Å². The van der Waals surface area contributed by atoms with Crippen LogP contribution in [0.5, 0.6) is 0 Å². The molecule has 156 valence electrons. The topological polar surface area (TPSA) is 50.2 Å². The van der Waals surface area contributed by atoms with Gasteiger partial charge in [0.1, 0.15) is 5.82 Å². The molecule has 0 unspecified atom stereocenters. The van der Waals surface area contributed by atoms with Crippen LogP contribution in [0.4, 0.5) is 10.1 Å². The Morgan fingerprint density at radius 1 is 1.13 bits per heavy atom. The highest BCUT2D eigenvalue weighted by Gasteiger charge is 2.31. The summed E-state index contributed by atoms with van der Waals surface area (Å²) >= 11 is 0. The molecule has 0 aliphatic heterocycles. The van der Waals surface area contributed by atoms with Gasteiger partial charge in [0.25, 0.3) is 0 Å². The van der Waals surface area contributed by atoms with Crippen LogP contribution in [0.15, 0.2) is 48.5 Å². The summed E-state index contributed by atoms with van der Waals surface area (Å²) < 4.78 is 15.9. The molecule has 3 aromatic rings. The molecular formula is C24H27FN4O. The number of benzene rings is 2. The molecule has 1 saturated carbocycles. The van der Waals surface area contributed by atoms with E-state index in [0.29, 0.717) is 18.2 Å². The van der Waals surface area contributed by atoms with Gasteiger partial charge >= 0.3 is 0 Å². The number of aryl methyl sites for hydroxylation is 2. The van der Waals surface area contributed by atoms with Gasteiger partial charge in [-0.1, -0.05) is 35.9 Å². The van der Waals surface area contributed by atoms with Crippen LogP contribution in [0.1, 0.15) is 35.4 Å². The standard InChI is InChI=1S/C24H27FN4O/c1-16-8-10-21(11-9-16)29-18(3)24(17(2)27-29)26-23(30)15-28(20-12-13-20)14-19-6-4-5-7-22(19)25/h4-11,20H,12-15H2,1-3H3,(H,26,30). The molecular weight excluding hydrogens is 379 g/mol. The normalized spacial score (nSPS) is 13.6. The summed E-state index contributed by atoms with van der Waals surface area (Å²) in [5.41, 5.74) is 5.16. The fourth-order valence-electron chi connectivity index (χ4n) is 3.72.